The molecule has 118 valence electrons. The van der Waals surface area contributed by atoms with Gasteiger partial charge < -0.3 is 11.1 Å². The fourth-order valence-corrected chi connectivity index (χ4v) is 2.79. The van der Waals surface area contributed by atoms with Crippen LogP contribution in [-0.2, 0) is 11.2 Å². The number of nitrogens with one attached hydrogen (secondary N) is 1. The van der Waals surface area contributed by atoms with E-state index in [0.29, 0.717) is 6.54 Å². The standard InChI is InChI=1S/C16H22N4OS/c1-3-16(17,4-2)11-19-14(21)9-12-10-22-15(20-12)13-7-5-6-8-18-13/h5-8,10H,3-4,9,11,17H2,1-2H3,(H,19,21). The van der Waals surface area contributed by atoms with Crippen LogP contribution in [0.2, 0.25) is 0 Å². The van der Waals surface area contributed by atoms with Crippen LogP contribution < -0.4 is 11.1 Å². The summed E-state index contributed by atoms with van der Waals surface area (Å²) in [6, 6.07) is 5.70. The maximum Gasteiger partial charge on any atom is 0.226 e. The molecule has 0 saturated carbocycles. The van der Waals surface area contributed by atoms with Crippen LogP contribution in [-0.4, -0.2) is 28.0 Å². The topological polar surface area (TPSA) is 80.9 Å². The highest BCUT2D eigenvalue weighted by Gasteiger charge is 2.21. The lowest BCUT2D eigenvalue weighted by Gasteiger charge is -2.26. The molecule has 0 atom stereocenters. The molecule has 2 heterocycles. The third-order valence-electron chi connectivity index (χ3n) is 3.82. The molecule has 0 bridgehead atoms. The smallest absolute Gasteiger partial charge is 0.226 e. The zero-order valence-electron chi connectivity index (χ0n) is 13.0. The zero-order valence-corrected chi connectivity index (χ0v) is 13.8. The van der Waals surface area contributed by atoms with E-state index in [0.717, 1.165) is 29.2 Å². The van der Waals surface area contributed by atoms with Gasteiger partial charge in [0, 0.05) is 23.7 Å². The van der Waals surface area contributed by atoms with Crippen molar-refractivity contribution in [3.8, 4) is 10.7 Å². The van der Waals surface area contributed by atoms with Gasteiger partial charge in [-0.3, -0.25) is 9.78 Å². The van der Waals surface area contributed by atoms with Crippen LogP contribution in [0.15, 0.2) is 29.8 Å². The van der Waals surface area contributed by atoms with E-state index in [4.69, 9.17) is 5.73 Å². The van der Waals surface area contributed by atoms with Crippen LogP contribution in [0, 0.1) is 0 Å². The molecule has 0 aromatic carbocycles. The Morgan fingerprint density at radius 3 is 2.77 bits per heavy atom. The van der Waals surface area contributed by atoms with Gasteiger partial charge in [-0.25, -0.2) is 4.98 Å². The molecular weight excluding hydrogens is 296 g/mol. The van der Waals surface area contributed by atoms with Crippen LogP contribution >= 0.6 is 11.3 Å². The molecule has 2 aromatic heterocycles. The maximum atomic E-state index is 12.0. The second-order valence-electron chi connectivity index (χ2n) is 5.38. The Labute approximate surface area is 135 Å². The van der Waals surface area contributed by atoms with E-state index in [1.54, 1.807) is 6.20 Å². The Morgan fingerprint density at radius 2 is 2.14 bits per heavy atom. The fraction of sp³-hybridized carbons (Fsp3) is 0.438. The molecule has 0 aliphatic carbocycles. The Balaban J connectivity index is 1.92. The van der Waals surface area contributed by atoms with Crippen LogP contribution in [0.3, 0.4) is 0 Å². The Morgan fingerprint density at radius 1 is 1.36 bits per heavy atom. The summed E-state index contributed by atoms with van der Waals surface area (Å²) in [5.74, 6) is -0.0467. The molecule has 0 saturated heterocycles. The molecule has 2 rings (SSSR count). The van der Waals surface area contributed by atoms with Gasteiger partial charge in [0.05, 0.1) is 17.8 Å². The number of carbonyl (C=O) groups is 1. The van der Waals surface area contributed by atoms with E-state index in [2.05, 4.69) is 15.3 Å². The normalized spacial score (nSPS) is 11.4. The van der Waals surface area contributed by atoms with Gasteiger partial charge in [0.25, 0.3) is 0 Å². The Hall–Kier alpha value is -1.79. The van der Waals surface area contributed by atoms with E-state index in [-0.39, 0.29) is 17.9 Å². The molecule has 2 aromatic rings. The highest BCUT2D eigenvalue weighted by molar-refractivity contribution is 7.13. The Bertz CT molecular complexity index is 608. The van der Waals surface area contributed by atoms with Crippen LogP contribution in [0.4, 0.5) is 0 Å². The second-order valence-corrected chi connectivity index (χ2v) is 6.24. The average molecular weight is 318 g/mol. The van der Waals surface area contributed by atoms with Gasteiger partial charge in [0.15, 0.2) is 0 Å². The fourth-order valence-electron chi connectivity index (χ4n) is 2.00. The van der Waals surface area contributed by atoms with Crippen molar-refractivity contribution in [1.29, 1.82) is 0 Å². The van der Waals surface area contributed by atoms with Gasteiger partial charge in [-0.1, -0.05) is 19.9 Å². The molecule has 5 nitrogen and oxygen atoms in total. The van der Waals surface area contributed by atoms with Gasteiger partial charge in [-0.05, 0) is 25.0 Å². The Kier molecular flexibility index (Phi) is 5.63. The largest absolute Gasteiger partial charge is 0.354 e. The van der Waals surface area contributed by atoms with E-state index in [9.17, 15) is 4.79 Å². The van der Waals surface area contributed by atoms with Gasteiger partial charge in [0.1, 0.15) is 5.01 Å². The van der Waals surface area contributed by atoms with Crippen LogP contribution in [0.5, 0.6) is 0 Å². The maximum absolute atomic E-state index is 12.0. The first-order chi connectivity index (χ1) is 10.6. The van der Waals surface area contributed by atoms with Crippen molar-refractivity contribution >= 4 is 17.2 Å². The molecule has 22 heavy (non-hydrogen) atoms. The summed E-state index contributed by atoms with van der Waals surface area (Å²) >= 11 is 1.50. The average Bonchev–Trinajstić information content (AvgIpc) is 3.02. The van der Waals surface area contributed by atoms with Gasteiger partial charge in [0.2, 0.25) is 5.91 Å². The van der Waals surface area contributed by atoms with Crippen LogP contribution in [0.1, 0.15) is 32.4 Å². The summed E-state index contributed by atoms with van der Waals surface area (Å²) in [6.07, 6.45) is 3.68. The number of thiazole rings is 1. The number of nitrogens with two attached hydrogens (primary N) is 1. The number of pyridine rings is 1. The third kappa shape index (κ3) is 4.35. The van der Waals surface area contributed by atoms with Crippen molar-refractivity contribution in [3.63, 3.8) is 0 Å². The number of rotatable bonds is 7. The summed E-state index contributed by atoms with van der Waals surface area (Å²) < 4.78 is 0. The summed E-state index contributed by atoms with van der Waals surface area (Å²) in [5, 5.41) is 5.64. The predicted octanol–water partition coefficient (Wildman–Crippen LogP) is 2.38. The van der Waals surface area contributed by atoms with E-state index >= 15 is 0 Å². The SMILES string of the molecule is CCC(N)(CC)CNC(=O)Cc1csc(-c2ccccn2)n1. The molecule has 0 aliphatic heterocycles. The monoisotopic (exact) mass is 318 g/mol. The quantitative estimate of drug-likeness (QED) is 0.821. The van der Waals surface area contributed by atoms with Crippen molar-refractivity contribution in [2.24, 2.45) is 5.73 Å². The first-order valence-electron chi connectivity index (χ1n) is 7.47. The number of hydrogen-bond donors (Lipinski definition) is 2. The van der Waals surface area contributed by atoms with Crippen molar-refractivity contribution < 1.29 is 4.79 Å². The number of hydrogen-bond acceptors (Lipinski definition) is 5. The first kappa shape index (κ1) is 16.6. The molecule has 0 radical (unpaired) electrons. The molecule has 0 spiro atoms. The first-order valence-corrected chi connectivity index (χ1v) is 8.35. The minimum atomic E-state index is -0.323. The highest BCUT2D eigenvalue weighted by atomic mass is 32.1. The van der Waals surface area contributed by atoms with Crippen molar-refractivity contribution in [3.05, 3.63) is 35.5 Å². The molecule has 6 heteroatoms. The lowest BCUT2D eigenvalue weighted by atomic mass is 9.94. The number of aromatic nitrogens is 2. The van der Waals surface area contributed by atoms with E-state index < -0.39 is 0 Å². The van der Waals surface area contributed by atoms with E-state index in [1.165, 1.54) is 11.3 Å². The number of amides is 1. The second kappa shape index (κ2) is 7.47. The summed E-state index contributed by atoms with van der Waals surface area (Å²) in [7, 11) is 0. The van der Waals surface area contributed by atoms with Crippen molar-refractivity contribution in [2.45, 2.75) is 38.6 Å². The molecule has 1 amide bonds. The van der Waals surface area contributed by atoms with Crippen LogP contribution in [0.25, 0.3) is 10.7 Å². The summed E-state index contributed by atoms with van der Waals surface area (Å²) in [6.45, 7) is 4.57. The zero-order chi connectivity index (χ0) is 16.0. The molecular formula is C16H22N4OS. The third-order valence-corrected chi connectivity index (χ3v) is 4.74. The highest BCUT2D eigenvalue weighted by Crippen LogP contribution is 2.21. The van der Waals surface area contributed by atoms with E-state index in [1.807, 2.05) is 37.4 Å². The minimum Gasteiger partial charge on any atom is -0.354 e. The lowest BCUT2D eigenvalue weighted by Crippen LogP contribution is -2.49. The van der Waals surface area contributed by atoms with Gasteiger partial charge in [-0.2, -0.15) is 0 Å². The van der Waals surface area contributed by atoms with Crippen molar-refractivity contribution in [2.75, 3.05) is 6.54 Å². The number of carbonyl (C=O) groups excluding carboxylic acids is 1. The molecule has 0 unspecified atom stereocenters. The molecule has 0 aliphatic rings. The van der Waals surface area contributed by atoms with Gasteiger partial charge in [-0.15, -0.1) is 11.3 Å². The summed E-state index contributed by atoms with van der Waals surface area (Å²) in [5.41, 5.74) is 7.45. The summed E-state index contributed by atoms with van der Waals surface area (Å²) in [4.78, 5) is 20.8. The minimum absolute atomic E-state index is 0.0467. The molecule has 0 fully saturated rings. The predicted molar refractivity (Wildman–Crippen MR) is 89.6 cm³/mol. The van der Waals surface area contributed by atoms with Gasteiger partial charge >= 0.3 is 0 Å². The lowest BCUT2D eigenvalue weighted by molar-refractivity contribution is -0.120. The van der Waals surface area contributed by atoms with Crippen molar-refractivity contribution in [1.82, 2.24) is 15.3 Å². The molecule has 3 N–H and O–H groups in total. The number of nitrogens with zero attached hydrogens (tertiary/aromatic N) is 2.